The normalized spacial score (nSPS) is 14.9. The van der Waals surface area contributed by atoms with E-state index in [1.165, 1.54) is 6.07 Å². The van der Waals surface area contributed by atoms with Crippen LogP contribution in [0, 0.1) is 0 Å². The number of amides is 4. The van der Waals surface area contributed by atoms with Crippen molar-refractivity contribution in [2.24, 2.45) is 0 Å². The van der Waals surface area contributed by atoms with Crippen molar-refractivity contribution >= 4 is 56.8 Å². The van der Waals surface area contributed by atoms with E-state index in [2.05, 4.69) is 15.9 Å². The predicted molar refractivity (Wildman–Crippen MR) is 86.0 cm³/mol. The standard InChI is InChI=1S/C15H8BrClN2O3/c16-11-6-1-2-7-12(11)19-14(21)13(20)18(15(19)22)10-5-3-4-9(17)8-10/h1-8H. The minimum Gasteiger partial charge on any atom is -0.262 e. The van der Waals surface area contributed by atoms with Crippen LogP contribution >= 0.6 is 27.5 Å². The van der Waals surface area contributed by atoms with E-state index in [0.717, 1.165) is 9.80 Å². The third kappa shape index (κ3) is 2.30. The Kier molecular flexibility index (Phi) is 3.72. The minimum absolute atomic E-state index is 0.255. The molecule has 2 aromatic carbocycles. The van der Waals surface area contributed by atoms with Crippen molar-refractivity contribution in [2.75, 3.05) is 9.80 Å². The second-order valence-electron chi connectivity index (χ2n) is 4.49. The number of halogens is 2. The number of imide groups is 2. The molecule has 0 aliphatic carbocycles. The van der Waals surface area contributed by atoms with Gasteiger partial charge in [-0.25, -0.2) is 14.6 Å². The van der Waals surface area contributed by atoms with Crippen LogP contribution in [0.4, 0.5) is 16.2 Å². The zero-order valence-corrected chi connectivity index (χ0v) is 13.3. The lowest BCUT2D eigenvalue weighted by molar-refractivity contribution is -0.133. The Morgan fingerprint density at radius 1 is 0.864 bits per heavy atom. The van der Waals surface area contributed by atoms with E-state index < -0.39 is 17.8 Å². The molecule has 4 amide bonds. The summed E-state index contributed by atoms with van der Waals surface area (Å²) in [5.74, 6) is -1.82. The zero-order valence-electron chi connectivity index (χ0n) is 11.0. The molecule has 5 nitrogen and oxygen atoms in total. The Morgan fingerprint density at radius 3 is 2.23 bits per heavy atom. The van der Waals surface area contributed by atoms with Gasteiger partial charge in [0.15, 0.2) is 0 Å². The molecule has 0 aromatic heterocycles. The first kappa shape index (κ1) is 14.7. The van der Waals surface area contributed by atoms with Crippen LogP contribution in [0.5, 0.6) is 0 Å². The van der Waals surface area contributed by atoms with Crippen molar-refractivity contribution in [1.82, 2.24) is 0 Å². The minimum atomic E-state index is -0.914. The molecule has 22 heavy (non-hydrogen) atoms. The van der Waals surface area contributed by atoms with Crippen LogP contribution in [-0.4, -0.2) is 17.8 Å². The Balaban J connectivity index is 2.07. The largest absolute Gasteiger partial charge is 0.343 e. The van der Waals surface area contributed by atoms with E-state index in [0.29, 0.717) is 15.2 Å². The van der Waals surface area contributed by atoms with Crippen molar-refractivity contribution in [3.05, 3.63) is 58.0 Å². The van der Waals surface area contributed by atoms with Crippen molar-refractivity contribution < 1.29 is 14.4 Å². The molecule has 0 atom stereocenters. The quantitative estimate of drug-likeness (QED) is 0.592. The van der Waals surface area contributed by atoms with Crippen LogP contribution in [0.2, 0.25) is 5.02 Å². The summed E-state index contributed by atoms with van der Waals surface area (Å²) in [6.07, 6.45) is 0. The van der Waals surface area contributed by atoms with Gasteiger partial charge in [0, 0.05) is 9.50 Å². The molecule has 1 saturated heterocycles. The molecule has 0 unspecified atom stereocenters. The molecule has 0 bridgehead atoms. The third-order valence-corrected chi connectivity index (χ3v) is 4.04. The van der Waals surface area contributed by atoms with Crippen molar-refractivity contribution in [2.45, 2.75) is 0 Å². The van der Waals surface area contributed by atoms with E-state index in [4.69, 9.17) is 11.6 Å². The van der Waals surface area contributed by atoms with Gasteiger partial charge in [-0.3, -0.25) is 9.59 Å². The van der Waals surface area contributed by atoms with E-state index in [-0.39, 0.29) is 5.69 Å². The fraction of sp³-hybridized carbons (Fsp3) is 0. The highest BCUT2D eigenvalue weighted by molar-refractivity contribution is 9.10. The molecule has 1 fully saturated rings. The second kappa shape index (κ2) is 5.55. The Bertz CT molecular complexity index is 809. The highest BCUT2D eigenvalue weighted by atomic mass is 79.9. The highest BCUT2D eigenvalue weighted by Crippen LogP contribution is 2.32. The number of nitrogens with zero attached hydrogens (tertiary/aromatic N) is 2. The number of rotatable bonds is 2. The van der Waals surface area contributed by atoms with Gasteiger partial charge in [-0.1, -0.05) is 29.8 Å². The molecule has 3 rings (SSSR count). The average Bonchev–Trinajstić information content (AvgIpc) is 2.70. The molecule has 0 radical (unpaired) electrons. The van der Waals surface area contributed by atoms with Crippen LogP contribution in [0.25, 0.3) is 0 Å². The van der Waals surface area contributed by atoms with E-state index >= 15 is 0 Å². The number of urea groups is 1. The Hall–Kier alpha value is -2.18. The van der Waals surface area contributed by atoms with E-state index in [9.17, 15) is 14.4 Å². The summed E-state index contributed by atoms with van der Waals surface area (Å²) in [6, 6.07) is 12.2. The smallest absolute Gasteiger partial charge is 0.262 e. The maximum absolute atomic E-state index is 12.5. The second-order valence-corrected chi connectivity index (χ2v) is 5.79. The fourth-order valence-corrected chi connectivity index (χ4v) is 2.80. The molecule has 1 aliphatic heterocycles. The van der Waals surface area contributed by atoms with E-state index in [1.807, 2.05) is 0 Å². The number of hydrogen-bond donors (Lipinski definition) is 0. The molecule has 0 saturated carbocycles. The molecule has 1 heterocycles. The van der Waals surface area contributed by atoms with E-state index in [1.54, 1.807) is 42.5 Å². The third-order valence-electron chi connectivity index (χ3n) is 3.13. The van der Waals surface area contributed by atoms with Gasteiger partial charge in [-0.2, -0.15) is 0 Å². The van der Waals surface area contributed by atoms with Gasteiger partial charge in [0.05, 0.1) is 11.4 Å². The zero-order chi connectivity index (χ0) is 15.9. The molecule has 1 aliphatic rings. The van der Waals surface area contributed by atoms with Crippen molar-refractivity contribution in [1.29, 1.82) is 0 Å². The summed E-state index contributed by atoms with van der Waals surface area (Å²) < 4.78 is 0.539. The number of hydrogen-bond acceptors (Lipinski definition) is 3. The molecular weight excluding hydrogens is 372 g/mol. The molecule has 0 spiro atoms. The number of carbonyl (C=O) groups excluding carboxylic acids is 3. The highest BCUT2D eigenvalue weighted by Gasteiger charge is 2.46. The number of benzene rings is 2. The molecule has 7 heteroatoms. The van der Waals surface area contributed by atoms with Gasteiger partial charge in [-0.15, -0.1) is 0 Å². The van der Waals surface area contributed by atoms with Gasteiger partial charge < -0.3 is 0 Å². The first-order valence-corrected chi connectivity index (χ1v) is 7.40. The molecule has 110 valence electrons. The van der Waals surface area contributed by atoms with Gasteiger partial charge in [-0.05, 0) is 46.3 Å². The van der Waals surface area contributed by atoms with Crippen LogP contribution in [0.1, 0.15) is 0 Å². The van der Waals surface area contributed by atoms with Crippen LogP contribution in [0.15, 0.2) is 53.0 Å². The fourth-order valence-electron chi connectivity index (χ4n) is 2.15. The monoisotopic (exact) mass is 378 g/mol. The lowest BCUT2D eigenvalue weighted by atomic mass is 10.3. The van der Waals surface area contributed by atoms with Crippen LogP contribution in [-0.2, 0) is 9.59 Å². The number of para-hydroxylation sites is 1. The Morgan fingerprint density at radius 2 is 1.55 bits per heavy atom. The lowest BCUT2D eigenvalue weighted by Crippen LogP contribution is -2.33. The number of carbonyl (C=O) groups is 3. The maximum Gasteiger partial charge on any atom is 0.343 e. The van der Waals surface area contributed by atoms with Gasteiger partial charge in [0.25, 0.3) is 0 Å². The first-order valence-electron chi connectivity index (χ1n) is 6.23. The lowest BCUT2D eigenvalue weighted by Gasteiger charge is -2.16. The average molecular weight is 380 g/mol. The van der Waals surface area contributed by atoms with Gasteiger partial charge >= 0.3 is 17.8 Å². The van der Waals surface area contributed by atoms with Crippen LogP contribution in [0.3, 0.4) is 0 Å². The molecular formula is C15H8BrClN2O3. The number of anilines is 2. The van der Waals surface area contributed by atoms with Gasteiger partial charge in [0.1, 0.15) is 0 Å². The Labute approximate surface area is 139 Å². The SMILES string of the molecule is O=C1C(=O)N(c2ccccc2Br)C(=O)N1c1cccc(Cl)c1. The molecule has 0 N–H and O–H groups in total. The van der Waals surface area contributed by atoms with Crippen LogP contribution < -0.4 is 9.80 Å². The summed E-state index contributed by atoms with van der Waals surface area (Å²) >= 11 is 9.15. The summed E-state index contributed by atoms with van der Waals surface area (Å²) in [4.78, 5) is 38.6. The predicted octanol–water partition coefficient (Wildman–Crippen LogP) is 3.60. The van der Waals surface area contributed by atoms with Gasteiger partial charge in [0.2, 0.25) is 0 Å². The van der Waals surface area contributed by atoms with Crippen molar-refractivity contribution in [3.63, 3.8) is 0 Å². The van der Waals surface area contributed by atoms with Crippen molar-refractivity contribution in [3.8, 4) is 0 Å². The first-order chi connectivity index (χ1) is 10.5. The summed E-state index contributed by atoms with van der Waals surface area (Å²) in [6.45, 7) is 0. The summed E-state index contributed by atoms with van der Waals surface area (Å²) in [5.41, 5.74) is 0.570. The summed E-state index contributed by atoms with van der Waals surface area (Å²) in [7, 11) is 0. The maximum atomic E-state index is 12.5. The summed E-state index contributed by atoms with van der Waals surface area (Å²) in [5, 5.41) is 0.366. The topological polar surface area (TPSA) is 57.7 Å². The molecule has 2 aromatic rings.